The first-order chi connectivity index (χ1) is 10.2. The first kappa shape index (κ1) is 14.1. The first-order valence-corrected chi connectivity index (χ1v) is 7.59. The van der Waals surface area contributed by atoms with Crippen LogP contribution < -0.4 is 9.47 Å². The second-order valence-electron chi connectivity index (χ2n) is 4.39. The molecule has 2 heterocycles. The minimum Gasteiger partial charge on any atom is -0.490 e. The lowest BCUT2D eigenvalue weighted by molar-refractivity contribution is 0.297. The van der Waals surface area contributed by atoms with Gasteiger partial charge in [0.2, 0.25) is 0 Å². The van der Waals surface area contributed by atoms with Crippen LogP contribution in [0.3, 0.4) is 0 Å². The predicted molar refractivity (Wildman–Crippen MR) is 80.1 cm³/mol. The van der Waals surface area contributed by atoms with Crippen LogP contribution in [0.15, 0.2) is 40.3 Å². The van der Waals surface area contributed by atoms with E-state index in [1.54, 1.807) is 12.1 Å². The molecule has 0 atom stereocenters. The second-order valence-corrected chi connectivity index (χ2v) is 5.87. The SMILES string of the molecule is N#Cc1cc(Cl)nc(Sc2ccc3c(c2)OCCCO3)c1. The lowest BCUT2D eigenvalue weighted by Crippen LogP contribution is -1.97. The molecule has 1 aromatic carbocycles. The topological polar surface area (TPSA) is 55.1 Å². The van der Waals surface area contributed by atoms with Crippen LogP contribution >= 0.6 is 23.4 Å². The van der Waals surface area contributed by atoms with Crippen molar-refractivity contribution >= 4 is 23.4 Å². The summed E-state index contributed by atoms with van der Waals surface area (Å²) in [5.41, 5.74) is 0.492. The third-order valence-corrected chi connectivity index (χ3v) is 3.94. The molecule has 0 aliphatic carbocycles. The second kappa shape index (κ2) is 6.25. The molecular formula is C15H11ClN2O2S. The average molecular weight is 319 g/mol. The van der Waals surface area contributed by atoms with Crippen molar-refractivity contribution in [3.63, 3.8) is 0 Å². The molecule has 1 aliphatic heterocycles. The van der Waals surface area contributed by atoms with E-state index in [4.69, 9.17) is 26.3 Å². The Bertz CT molecular complexity index is 715. The summed E-state index contributed by atoms with van der Waals surface area (Å²) in [7, 11) is 0. The number of nitriles is 1. The first-order valence-electron chi connectivity index (χ1n) is 6.40. The highest BCUT2D eigenvalue weighted by Gasteiger charge is 2.12. The fourth-order valence-corrected chi connectivity index (χ4v) is 3.05. The number of fused-ring (bicyclic) bond motifs is 1. The maximum absolute atomic E-state index is 8.96. The molecular weight excluding hydrogens is 308 g/mol. The zero-order valence-electron chi connectivity index (χ0n) is 11.0. The molecule has 1 aromatic heterocycles. The molecule has 6 heteroatoms. The Morgan fingerprint density at radius 1 is 1.14 bits per heavy atom. The van der Waals surface area contributed by atoms with Gasteiger partial charge < -0.3 is 9.47 Å². The van der Waals surface area contributed by atoms with Gasteiger partial charge in [-0.2, -0.15) is 5.26 Å². The van der Waals surface area contributed by atoms with E-state index in [1.165, 1.54) is 11.8 Å². The number of rotatable bonds is 2. The minimum atomic E-state index is 0.311. The van der Waals surface area contributed by atoms with E-state index in [2.05, 4.69) is 11.1 Å². The van der Waals surface area contributed by atoms with Gasteiger partial charge in [0, 0.05) is 11.3 Å². The van der Waals surface area contributed by atoms with Gasteiger partial charge in [0.25, 0.3) is 0 Å². The van der Waals surface area contributed by atoms with E-state index < -0.39 is 0 Å². The van der Waals surface area contributed by atoms with Crippen molar-refractivity contribution in [3.8, 4) is 17.6 Å². The number of hydrogen-bond acceptors (Lipinski definition) is 5. The van der Waals surface area contributed by atoms with Crippen LogP contribution in [-0.2, 0) is 0 Å². The Balaban J connectivity index is 1.87. The standard InChI is InChI=1S/C15H11ClN2O2S/c16-14-6-10(9-17)7-15(18-14)21-11-2-3-12-13(8-11)20-5-1-4-19-12/h2-3,6-8H,1,4-5H2. The number of nitrogens with zero attached hydrogens (tertiary/aromatic N) is 2. The third-order valence-electron chi connectivity index (χ3n) is 2.84. The fourth-order valence-electron chi connectivity index (χ4n) is 1.92. The Morgan fingerprint density at radius 3 is 2.76 bits per heavy atom. The number of hydrogen-bond donors (Lipinski definition) is 0. The van der Waals surface area contributed by atoms with Gasteiger partial charge in [-0.05, 0) is 30.3 Å². The van der Waals surface area contributed by atoms with E-state index in [0.29, 0.717) is 29.0 Å². The number of aromatic nitrogens is 1. The van der Waals surface area contributed by atoms with Gasteiger partial charge in [-0.25, -0.2) is 4.98 Å². The zero-order chi connectivity index (χ0) is 14.7. The quantitative estimate of drug-likeness (QED) is 0.785. The summed E-state index contributed by atoms with van der Waals surface area (Å²) >= 11 is 7.34. The molecule has 0 N–H and O–H groups in total. The highest BCUT2D eigenvalue weighted by Crippen LogP contribution is 2.36. The van der Waals surface area contributed by atoms with E-state index in [0.717, 1.165) is 22.8 Å². The number of pyridine rings is 1. The summed E-state index contributed by atoms with van der Waals surface area (Å²) < 4.78 is 11.3. The van der Waals surface area contributed by atoms with Gasteiger partial charge in [0.1, 0.15) is 10.2 Å². The highest BCUT2D eigenvalue weighted by molar-refractivity contribution is 7.99. The van der Waals surface area contributed by atoms with Gasteiger partial charge in [-0.15, -0.1) is 0 Å². The molecule has 2 aromatic rings. The summed E-state index contributed by atoms with van der Waals surface area (Å²) in [5.74, 6) is 1.49. The molecule has 0 bridgehead atoms. The molecule has 3 rings (SSSR count). The molecule has 0 saturated carbocycles. The number of halogens is 1. The largest absolute Gasteiger partial charge is 0.490 e. The van der Waals surface area contributed by atoms with Crippen LogP contribution in [0.2, 0.25) is 5.15 Å². The van der Waals surface area contributed by atoms with E-state index in [1.807, 2.05) is 18.2 Å². The van der Waals surface area contributed by atoms with Crippen LogP contribution in [0.5, 0.6) is 11.5 Å². The van der Waals surface area contributed by atoms with Gasteiger partial charge in [0.05, 0.1) is 24.8 Å². The summed E-state index contributed by atoms with van der Waals surface area (Å²) in [6.07, 6.45) is 0.874. The Kier molecular flexibility index (Phi) is 4.18. The number of ether oxygens (including phenoxy) is 2. The molecule has 0 radical (unpaired) electrons. The highest BCUT2D eigenvalue weighted by atomic mass is 35.5. The molecule has 106 valence electrons. The summed E-state index contributed by atoms with van der Waals surface area (Å²) in [5, 5.41) is 9.95. The van der Waals surface area contributed by atoms with E-state index in [9.17, 15) is 0 Å². The van der Waals surface area contributed by atoms with Crippen molar-refractivity contribution in [1.29, 1.82) is 5.26 Å². The monoisotopic (exact) mass is 318 g/mol. The predicted octanol–water partition coefficient (Wildman–Crippen LogP) is 3.92. The smallest absolute Gasteiger partial charge is 0.162 e. The van der Waals surface area contributed by atoms with Gasteiger partial charge in [-0.1, -0.05) is 23.4 Å². The van der Waals surface area contributed by atoms with Crippen molar-refractivity contribution in [2.45, 2.75) is 16.3 Å². The van der Waals surface area contributed by atoms with E-state index in [-0.39, 0.29) is 0 Å². The minimum absolute atomic E-state index is 0.311. The van der Waals surface area contributed by atoms with E-state index >= 15 is 0 Å². The van der Waals surface area contributed by atoms with Crippen LogP contribution in [0.1, 0.15) is 12.0 Å². The molecule has 1 aliphatic rings. The molecule has 4 nitrogen and oxygen atoms in total. The zero-order valence-corrected chi connectivity index (χ0v) is 12.6. The van der Waals surface area contributed by atoms with Crippen LogP contribution in [-0.4, -0.2) is 18.2 Å². The van der Waals surface area contributed by atoms with Crippen LogP contribution in [0.4, 0.5) is 0 Å². The molecule has 0 fully saturated rings. The van der Waals surface area contributed by atoms with Gasteiger partial charge >= 0.3 is 0 Å². The van der Waals surface area contributed by atoms with Crippen molar-refractivity contribution in [1.82, 2.24) is 4.98 Å². The maximum atomic E-state index is 8.96. The summed E-state index contributed by atoms with van der Waals surface area (Å²) in [6, 6.07) is 11.1. The van der Waals surface area contributed by atoms with Crippen molar-refractivity contribution < 1.29 is 9.47 Å². The maximum Gasteiger partial charge on any atom is 0.162 e. The Hall–Kier alpha value is -1.90. The third kappa shape index (κ3) is 3.41. The Labute approximate surface area is 131 Å². The van der Waals surface area contributed by atoms with Gasteiger partial charge in [-0.3, -0.25) is 0 Å². The number of benzene rings is 1. The summed E-state index contributed by atoms with van der Waals surface area (Å²) in [6.45, 7) is 1.32. The molecule has 0 unspecified atom stereocenters. The van der Waals surface area contributed by atoms with Crippen molar-refractivity contribution in [2.75, 3.05) is 13.2 Å². The van der Waals surface area contributed by atoms with Crippen LogP contribution in [0, 0.1) is 11.3 Å². The van der Waals surface area contributed by atoms with Gasteiger partial charge in [0.15, 0.2) is 11.5 Å². The summed E-state index contributed by atoms with van der Waals surface area (Å²) in [4.78, 5) is 5.17. The lowest BCUT2D eigenvalue weighted by atomic mass is 10.3. The molecule has 0 saturated heterocycles. The van der Waals surface area contributed by atoms with Crippen molar-refractivity contribution in [2.24, 2.45) is 0 Å². The average Bonchev–Trinajstić information content (AvgIpc) is 2.71. The molecule has 0 spiro atoms. The molecule has 0 amide bonds. The molecule has 21 heavy (non-hydrogen) atoms. The van der Waals surface area contributed by atoms with Crippen LogP contribution in [0.25, 0.3) is 0 Å². The normalized spacial score (nSPS) is 13.3. The fraction of sp³-hybridized carbons (Fsp3) is 0.200. The van der Waals surface area contributed by atoms with Crippen molar-refractivity contribution in [3.05, 3.63) is 41.0 Å². The Morgan fingerprint density at radius 2 is 1.95 bits per heavy atom. The lowest BCUT2D eigenvalue weighted by Gasteiger charge is -2.09.